The zero-order chi connectivity index (χ0) is 20.2. The van der Waals surface area contributed by atoms with E-state index in [1.165, 1.54) is 6.42 Å². The average Bonchev–Trinajstić information content (AvgIpc) is 3.19. The normalized spacial score (nSPS) is 14.5. The van der Waals surface area contributed by atoms with E-state index in [1.807, 2.05) is 12.1 Å². The van der Waals surface area contributed by atoms with E-state index < -0.39 is 5.91 Å². The maximum absolute atomic E-state index is 12.8. The van der Waals surface area contributed by atoms with Crippen molar-refractivity contribution in [2.24, 2.45) is 0 Å². The van der Waals surface area contributed by atoms with Crippen molar-refractivity contribution >= 4 is 28.5 Å². The molecule has 0 aliphatic heterocycles. The number of carbonyl (C=O) groups excluding carboxylic acids is 2. The van der Waals surface area contributed by atoms with E-state index in [1.54, 1.807) is 43.5 Å². The van der Waals surface area contributed by atoms with Crippen LogP contribution in [0.4, 0.5) is 5.69 Å². The van der Waals surface area contributed by atoms with Crippen LogP contribution in [0.25, 0.3) is 11.0 Å². The van der Waals surface area contributed by atoms with Gasteiger partial charge in [0.25, 0.3) is 11.8 Å². The molecule has 2 amide bonds. The highest BCUT2D eigenvalue weighted by Crippen LogP contribution is 2.29. The van der Waals surface area contributed by atoms with Gasteiger partial charge in [-0.05, 0) is 37.1 Å². The van der Waals surface area contributed by atoms with Crippen LogP contribution in [0, 0.1) is 0 Å². The van der Waals surface area contributed by atoms with E-state index in [-0.39, 0.29) is 17.7 Å². The Kier molecular flexibility index (Phi) is 5.51. The molecular formula is C23H24N2O4. The van der Waals surface area contributed by atoms with Gasteiger partial charge in [-0.3, -0.25) is 9.59 Å². The molecule has 1 saturated carbocycles. The van der Waals surface area contributed by atoms with Crippen LogP contribution in [0.3, 0.4) is 0 Å². The van der Waals surface area contributed by atoms with Crippen molar-refractivity contribution < 1.29 is 18.7 Å². The molecule has 1 aliphatic rings. The molecular weight excluding hydrogens is 368 g/mol. The minimum atomic E-state index is -0.416. The van der Waals surface area contributed by atoms with Crippen molar-refractivity contribution in [3.63, 3.8) is 0 Å². The molecule has 1 heterocycles. The summed E-state index contributed by atoms with van der Waals surface area (Å²) in [7, 11) is 1.55. The molecule has 1 aliphatic carbocycles. The summed E-state index contributed by atoms with van der Waals surface area (Å²) in [6.07, 6.45) is 5.50. The molecule has 150 valence electrons. The second kappa shape index (κ2) is 8.39. The molecule has 4 rings (SSSR count). The topological polar surface area (TPSA) is 80.6 Å². The van der Waals surface area contributed by atoms with Gasteiger partial charge in [0.05, 0.1) is 18.4 Å². The van der Waals surface area contributed by atoms with Crippen LogP contribution in [-0.2, 0) is 0 Å². The van der Waals surface area contributed by atoms with Crippen molar-refractivity contribution in [1.29, 1.82) is 0 Å². The first-order valence-corrected chi connectivity index (χ1v) is 9.93. The molecule has 0 bridgehead atoms. The van der Waals surface area contributed by atoms with E-state index >= 15 is 0 Å². The summed E-state index contributed by atoms with van der Waals surface area (Å²) < 4.78 is 11.0. The molecule has 0 saturated heterocycles. The van der Waals surface area contributed by atoms with Gasteiger partial charge < -0.3 is 19.8 Å². The SMILES string of the molecule is COc1cccc2cc(C(=O)Nc3ccccc3C(=O)NC3CCCCC3)oc12. The highest BCUT2D eigenvalue weighted by Gasteiger charge is 2.21. The minimum Gasteiger partial charge on any atom is -0.493 e. The van der Waals surface area contributed by atoms with Gasteiger partial charge in [-0.1, -0.05) is 43.5 Å². The molecule has 2 aromatic carbocycles. The monoisotopic (exact) mass is 392 g/mol. The standard InChI is InChI=1S/C23H24N2O4/c1-28-19-13-7-8-15-14-20(29-21(15)19)23(27)25-18-12-6-5-11-17(18)22(26)24-16-9-3-2-4-10-16/h5-8,11-14,16H,2-4,9-10H2,1H3,(H,24,26)(H,25,27). The predicted octanol–water partition coefficient (Wildman–Crippen LogP) is 4.76. The Bertz CT molecular complexity index is 1030. The summed E-state index contributed by atoms with van der Waals surface area (Å²) in [5.74, 6) is 0.140. The van der Waals surface area contributed by atoms with Gasteiger partial charge in [0, 0.05) is 11.4 Å². The number of para-hydroxylation sites is 2. The Morgan fingerprint density at radius 3 is 2.59 bits per heavy atom. The fourth-order valence-electron chi connectivity index (χ4n) is 3.79. The molecule has 0 radical (unpaired) electrons. The first-order valence-electron chi connectivity index (χ1n) is 9.93. The molecule has 6 nitrogen and oxygen atoms in total. The number of hydrogen-bond acceptors (Lipinski definition) is 4. The number of anilines is 1. The molecule has 3 aromatic rings. The molecule has 29 heavy (non-hydrogen) atoms. The highest BCUT2D eigenvalue weighted by molar-refractivity contribution is 6.09. The van der Waals surface area contributed by atoms with Crippen LogP contribution in [0.15, 0.2) is 52.9 Å². The summed E-state index contributed by atoms with van der Waals surface area (Å²) in [5.41, 5.74) is 1.42. The van der Waals surface area contributed by atoms with E-state index in [0.717, 1.165) is 31.1 Å². The predicted molar refractivity (Wildman–Crippen MR) is 112 cm³/mol. The second-order valence-electron chi connectivity index (χ2n) is 7.30. The minimum absolute atomic E-state index is 0.159. The molecule has 0 atom stereocenters. The van der Waals surface area contributed by atoms with Crippen LogP contribution in [0.5, 0.6) is 5.75 Å². The number of furan rings is 1. The smallest absolute Gasteiger partial charge is 0.291 e. The average molecular weight is 392 g/mol. The third-order valence-corrected chi connectivity index (χ3v) is 5.31. The number of fused-ring (bicyclic) bond motifs is 1. The quantitative estimate of drug-likeness (QED) is 0.656. The number of carbonyl (C=O) groups is 2. The fourth-order valence-corrected chi connectivity index (χ4v) is 3.79. The van der Waals surface area contributed by atoms with Crippen molar-refractivity contribution in [2.45, 2.75) is 38.1 Å². The number of rotatable bonds is 5. The van der Waals surface area contributed by atoms with Gasteiger partial charge in [-0.25, -0.2) is 0 Å². The first kappa shape index (κ1) is 19.1. The Labute approximate surface area is 169 Å². The van der Waals surface area contributed by atoms with Gasteiger partial charge in [0.1, 0.15) is 0 Å². The van der Waals surface area contributed by atoms with Gasteiger partial charge in [-0.15, -0.1) is 0 Å². The first-order chi connectivity index (χ1) is 14.2. The van der Waals surface area contributed by atoms with Gasteiger partial charge in [-0.2, -0.15) is 0 Å². The van der Waals surface area contributed by atoms with Crippen LogP contribution >= 0.6 is 0 Å². The third-order valence-electron chi connectivity index (χ3n) is 5.31. The number of hydrogen-bond donors (Lipinski definition) is 2. The molecule has 6 heteroatoms. The molecule has 1 fully saturated rings. The highest BCUT2D eigenvalue weighted by atomic mass is 16.5. The van der Waals surface area contributed by atoms with E-state index in [0.29, 0.717) is 22.6 Å². The third kappa shape index (κ3) is 4.11. The number of nitrogens with one attached hydrogen (secondary N) is 2. The molecule has 0 unspecified atom stereocenters. The molecule has 2 N–H and O–H groups in total. The van der Waals surface area contributed by atoms with Gasteiger partial charge >= 0.3 is 0 Å². The van der Waals surface area contributed by atoms with Crippen LogP contribution in [0.2, 0.25) is 0 Å². The zero-order valence-corrected chi connectivity index (χ0v) is 16.4. The van der Waals surface area contributed by atoms with Crippen molar-refractivity contribution in [1.82, 2.24) is 5.32 Å². The lowest BCUT2D eigenvalue weighted by Crippen LogP contribution is -2.36. The Balaban J connectivity index is 1.53. The lowest BCUT2D eigenvalue weighted by atomic mass is 9.95. The maximum atomic E-state index is 12.8. The van der Waals surface area contributed by atoms with Crippen molar-refractivity contribution in [2.75, 3.05) is 12.4 Å². The largest absolute Gasteiger partial charge is 0.493 e. The van der Waals surface area contributed by atoms with Gasteiger partial charge in [0.2, 0.25) is 0 Å². The Morgan fingerprint density at radius 2 is 1.79 bits per heavy atom. The lowest BCUT2D eigenvalue weighted by Gasteiger charge is -2.23. The summed E-state index contributed by atoms with van der Waals surface area (Å²) in [6.45, 7) is 0. The Morgan fingerprint density at radius 1 is 1.00 bits per heavy atom. The van der Waals surface area contributed by atoms with Gasteiger partial charge in [0.15, 0.2) is 17.1 Å². The zero-order valence-electron chi connectivity index (χ0n) is 16.4. The lowest BCUT2D eigenvalue weighted by molar-refractivity contribution is 0.0928. The Hall–Kier alpha value is -3.28. The number of ether oxygens (including phenoxy) is 1. The summed E-state index contributed by atoms with van der Waals surface area (Å²) >= 11 is 0. The van der Waals surface area contributed by atoms with Crippen molar-refractivity contribution in [3.8, 4) is 5.75 Å². The van der Waals surface area contributed by atoms with Crippen molar-refractivity contribution in [3.05, 3.63) is 59.9 Å². The summed E-state index contributed by atoms with van der Waals surface area (Å²) in [5, 5.41) is 6.68. The number of methoxy groups -OCH3 is 1. The maximum Gasteiger partial charge on any atom is 0.291 e. The number of amides is 2. The van der Waals surface area contributed by atoms with E-state index in [9.17, 15) is 9.59 Å². The van der Waals surface area contributed by atoms with E-state index in [4.69, 9.17) is 9.15 Å². The molecule has 0 spiro atoms. The fraction of sp³-hybridized carbons (Fsp3) is 0.304. The van der Waals surface area contributed by atoms with Crippen LogP contribution in [-0.4, -0.2) is 25.0 Å². The summed E-state index contributed by atoms with van der Waals surface area (Å²) in [4.78, 5) is 25.5. The summed E-state index contributed by atoms with van der Waals surface area (Å²) in [6, 6.07) is 14.3. The van der Waals surface area contributed by atoms with Crippen LogP contribution in [0.1, 0.15) is 53.0 Å². The second-order valence-corrected chi connectivity index (χ2v) is 7.30. The van der Waals surface area contributed by atoms with Crippen LogP contribution < -0.4 is 15.4 Å². The molecule has 1 aromatic heterocycles. The number of benzene rings is 2. The van der Waals surface area contributed by atoms with E-state index in [2.05, 4.69) is 10.6 Å².